The number of carbonyl (C=O) groups is 1. The first-order valence-electron chi connectivity index (χ1n) is 11.7. The second-order valence-electron chi connectivity index (χ2n) is 8.43. The standard InChI is InChI=1S/C28H19FN6O4/c1-38-18-7-5-17(6-8-18)35-14-21(24(36)19-3-2-11-31-26(19)35)27(37)34-16-4-9-23(22(29)13-16)39-28-20-10-12-30-25(20)32-15-33-28/h2-15H,1H3,(H,34,37)(H,30,32,33). The van der Waals surface area contributed by atoms with Crippen LogP contribution in [0.1, 0.15) is 10.4 Å². The minimum Gasteiger partial charge on any atom is -0.497 e. The molecule has 6 aromatic rings. The summed E-state index contributed by atoms with van der Waals surface area (Å²) < 4.78 is 27.4. The van der Waals surface area contributed by atoms with Gasteiger partial charge in [0.05, 0.1) is 17.9 Å². The largest absolute Gasteiger partial charge is 0.497 e. The van der Waals surface area contributed by atoms with Gasteiger partial charge in [0.2, 0.25) is 11.3 Å². The van der Waals surface area contributed by atoms with Gasteiger partial charge < -0.3 is 24.3 Å². The molecule has 0 aliphatic heterocycles. The van der Waals surface area contributed by atoms with Crippen molar-refractivity contribution in [2.45, 2.75) is 0 Å². The molecule has 10 nitrogen and oxygen atoms in total. The van der Waals surface area contributed by atoms with E-state index in [4.69, 9.17) is 9.47 Å². The number of fused-ring (bicyclic) bond motifs is 2. The molecule has 2 aromatic carbocycles. The van der Waals surface area contributed by atoms with Crippen LogP contribution in [-0.2, 0) is 0 Å². The van der Waals surface area contributed by atoms with Gasteiger partial charge in [-0.1, -0.05) is 0 Å². The van der Waals surface area contributed by atoms with E-state index < -0.39 is 17.2 Å². The third-order valence-corrected chi connectivity index (χ3v) is 6.07. The topological polar surface area (TPSA) is 124 Å². The van der Waals surface area contributed by atoms with Gasteiger partial charge >= 0.3 is 0 Å². The Balaban J connectivity index is 1.31. The number of ether oxygens (including phenoxy) is 2. The average Bonchev–Trinajstić information content (AvgIpc) is 3.45. The normalized spacial score (nSPS) is 11.0. The number of hydrogen-bond acceptors (Lipinski definition) is 7. The van der Waals surface area contributed by atoms with E-state index in [1.807, 2.05) is 0 Å². The van der Waals surface area contributed by atoms with Crippen molar-refractivity contribution < 1.29 is 18.7 Å². The molecule has 6 rings (SSSR count). The Hall–Kier alpha value is -5.58. The van der Waals surface area contributed by atoms with Crippen molar-refractivity contribution in [3.8, 4) is 23.1 Å². The lowest BCUT2D eigenvalue weighted by molar-refractivity contribution is 0.102. The molecule has 0 atom stereocenters. The molecule has 0 radical (unpaired) electrons. The predicted molar refractivity (Wildman–Crippen MR) is 142 cm³/mol. The predicted octanol–water partition coefficient (Wildman–Crippen LogP) is 4.85. The SMILES string of the molecule is COc1ccc(-n2cc(C(=O)Nc3ccc(Oc4ncnc5[nH]ccc45)c(F)c3)c(=O)c3cccnc32)cc1. The molecule has 0 saturated carbocycles. The highest BCUT2D eigenvalue weighted by Gasteiger charge is 2.18. The fraction of sp³-hybridized carbons (Fsp3) is 0.0357. The number of anilines is 1. The van der Waals surface area contributed by atoms with Crippen LogP contribution in [-0.4, -0.2) is 37.5 Å². The zero-order valence-corrected chi connectivity index (χ0v) is 20.4. The lowest BCUT2D eigenvalue weighted by Gasteiger charge is -2.14. The Bertz CT molecular complexity index is 1920. The van der Waals surface area contributed by atoms with Crippen LogP contribution in [0.25, 0.3) is 27.8 Å². The minimum atomic E-state index is -0.728. The number of nitrogens with one attached hydrogen (secondary N) is 2. The van der Waals surface area contributed by atoms with E-state index in [-0.39, 0.29) is 28.3 Å². The average molecular weight is 522 g/mol. The molecule has 1 amide bonds. The fourth-order valence-electron chi connectivity index (χ4n) is 4.16. The van der Waals surface area contributed by atoms with Gasteiger partial charge in [-0.2, -0.15) is 0 Å². The number of amides is 1. The van der Waals surface area contributed by atoms with Crippen molar-refractivity contribution in [3.63, 3.8) is 0 Å². The molecule has 11 heteroatoms. The summed E-state index contributed by atoms with van der Waals surface area (Å²) in [6.07, 6.45) is 5.96. The third-order valence-electron chi connectivity index (χ3n) is 6.07. The zero-order valence-electron chi connectivity index (χ0n) is 20.4. The van der Waals surface area contributed by atoms with E-state index in [1.54, 1.807) is 66.5 Å². The van der Waals surface area contributed by atoms with Crippen LogP contribution < -0.4 is 20.2 Å². The highest BCUT2D eigenvalue weighted by molar-refractivity contribution is 6.05. The quantitative estimate of drug-likeness (QED) is 0.320. The van der Waals surface area contributed by atoms with Gasteiger partial charge in [0, 0.05) is 36.0 Å². The van der Waals surface area contributed by atoms with Crippen molar-refractivity contribution in [2.24, 2.45) is 0 Å². The van der Waals surface area contributed by atoms with E-state index in [1.165, 1.54) is 24.7 Å². The first-order valence-corrected chi connectivity index (χ1v) is 11.7. The number of pyridine rings is 2. The molecule has 0 aliphatic rings. The van der Waals surface area contributed by atoms with Crippen LogP contribution in [0.4, 0.5) is 10.1 Å². The lowest BCUT2D eigenvalue weighted by atomic mass is 10.1. The summed E-state index contributed by atoms with van der Waals surface area (Å²) in [5, 5.41) is 3.45. The zero-order chi connectivity index (χ0) is 26.9. The monoisotopic (exact) mass is 522 g/mol. The maximum Gasteiger partial charge on any atom is 0.261 e. The Morgan fingerprint density at radius 1 is 1.03 bits per heavy atom. The number of methoxy groups -OCH3 is 1. The molecule has 0 spiro atoms. The van der Waals surface area contributed by atoms with Crippen molar-refractivity contribution in [1.29, 1.82) is 0 Å². The van der Waals surface area contributed by atoms with E-state index in [2.05, 4.69) is 25.3 Å². The maximum absolute atomic E-state index is 14.9. The second kappa shape index (κ2) is 9.71. The van der Waals surface area contributed by atoms with Crippen molar-refractivity contribution >= 4 is 33.7 Å². The van der Waals surface area contributed by atoms with Crippen molar-refractivity contribution in [3.05, 3.63) is 107 Å². The summed E-state index contributed by atoms with van der Waals surface area (Å²) in [6, 6.07) is 16.0. The van der Waals surface area contributed by atoms with Gasteiger partial charge in [-0.25, -0.2) is 19.3 Å². The number of H-pyrrole nitrogens is 1. The molecular formula is C28H19FN6O4. The summed E-state index contributed by atoms with van der Waals surface area (Å²) in [7, 11) is 1.56. The van der Waals surface area contributed by atoms with Crippen molar-refractivity contribution in [1.82, 2.24) is 24.5 Å². The minimum absolute atomic E-state index is 0.0900. The van der Waals surface area contributed by atoms with Gasteiger partial charge in [0.25, 0.3) is 5.91 Å². The fourth-order valence-corrected chi connectivity index (χ4v) is 4.16. The van der Waals surface area contributed by atoms with Crippen LogP contribution in [0.5, 0.6) is 17.4 Å². The highest BCUT2D eigenvalue weighted by Crippen LogP contribution is 2.29. The molecule has 0 saturated heterocycles. The van der Waals surface area contributed by atoms with E-state index in [0.29, 0.717) is 28.1 Å². The van der Waals surface area contributed by atoms with E-state index in [0.717, 1.165) is 6.07 Å². The first-order chi connectivity index (χ1) is 19.0. The summed E-state index contributed by atoms with van der Waals surface area (Å²) in [6.45, 7) is 0. The van der Waals surface area contributed by atoms with Gasteiger partial charge in [0.15, 0.2) is 11.6 Å². The lowest BCUT2D eigenvalue weighted by Crippen LogP contribution is -2.24. The molecule has 192 valence electrons. The summed E-state index contributed by atoms with van der Waals surface area (Å²) in [4.78, 5) is 41.9. The smallest absolute Gasteiger partial charge is 0.261 e. The Kier molecular flexibility index (Phi) is 5.92. The maximum atomic E-state index is 14.9. The molecule has 4 aromatic heterocycles. The number of carbonyl (C=O) groups excluding carboxylic acids is 1. The van der Waals surface area contributed by atoms with Gasteiger partial charge in [-0.15, -0.1) is 0 Å². The second-order valence-corrected chi connectivity index (χ2v) is 8.43. The van der Waals surface area contributed by atoms with Crippen LogP contribution in [0.2, 0.25) is 0 Å². The van der Waals surface area contributed by atoms with Crippen LogP contribution >= 0.6 is 0 Å². The molecule has 0 aliphatic carbocycles. The number of halogens is 1. The summed E-state index contributed by atoms with van der Waals surface area (Å²) >= 11 is 0. The van der Waals surface area contributed by atoms with Gasteiger partial charge in [-0.3, -0.25) is 9.59 Å². The molecule has 39 heavy (non-hydrogen) atoms. The van der Waals surface area contributed by atoms with Crippen molar-refractivity contribution in [2.75, 3.05) is 12.4 Å². The Labute approximate surface area is 219 Å². The van der Waals surface area contributed by atoms with E-state index in [9.17, 15) is 14.0 Å². The number of hydrogen-bond donors (Lipinski definition) is 2. The number of nitrogens with zero attached hydrogens (tertiary/aromatic N) is 4. The molecular weight excluding hydrogens is 503 g/mol. The number of aromatic amines is 1. The van der Waals surface area contributed by atoms with Crippen LogP contribution in [0, 0.1) is 5.82 Å². The third kappa shape index (κ3) is 4.42. The molecule has 2 N–H and O–H groups in total. The number of benzene rings is 2. The van der Waals surface area contributed by atoms with Crippen LogP contribution in [0.15, 0.2) is 90.4 Å². The molecule has 0 fully saturated rings. The highest BCUT2D eigenvalue weighted by atomic mass is 19.1. The van der Waals surface area contributed by atoms with Crippen LogP contribution in [0.3, 0.4) is 0 Å². The first kappa shape index (κ1) is 23.8. The molecule has 0 unspecified atom stereocenters. The Morgan fingerprint density at radius 2 is 1.87 bits per heavy atom. The van der Waals surface area contributed by atoms with Gasteiger partial charge in [0.1, 0.15) is 28.9 Å². The van der Waals surface area contributed by atoms with E-state index >= 15 is 0 Å². The number of rotatable bonds is 6. The summed E-state index contributed by atoms with van der Waals surface area (Å²) in [5.41, 5.74) is 1.11. The number of aromatic nitrogens is 5. The summed E-state index contributed by atoms with van der Waals surface area (Å²) in [5.74, 6) is -0.685. The molecule has 0 bridgehead atoms. The molecule has 4 heterocycles. The van der Waals surface area contributed by atoms with Gasteiger partial charge in [-0.05, 0) is 54.6 Å². The Morgan fingerprint density at radius 3 is 2.67 bits per heavy atom.